The molecule has 0 aromatic rings. The van der Waals surface area contributed by atoms with Crippen molar-refractivity contribution < 1.29 is 33.7 Å². The maximum Gasteiger partial charge on any atom is 0.348 e. The van der Waals surface area contributed by atoms with Crippen molar-refractivity contribution in [3.63, 3.8) is 0 Å². The number of hydrogen-bond donors (Lipinski definition) is 1. The average Bonchev–Trinajstić information content (AvgIpc) is 2.96. The van der Waals surface area contributed by atoms with Crippen LogP contribution in [0.3, 0.4) is 0 Å². The molecule has 0 aromatic carbocycles. The molecule has 5 fully saturated rings. The van der Waals surface area contributed by atoms with Crippen molar-refractivity contribution >= 4 is 17.9 Å². The lowest BCUT2D eigenvalue weighted by Crippen LogP contribution is -2.63. The van der Waals surface area contributed by atoms with Crippen LogP contribution in [-0.4, -0.2) is 45.9 Å². The van der Waals surface area contributed by atoms with Gasteiger partial charge >= 0.3 is 17.9 Å². The quantitative estimate of drug-likeness (QED) is 0.236. The van der Waals surface area contributed by atoms with Gasteiger partial charge in [-0.15, -0.1) is 0 Å². The normalized spacial score (nSPS) is 33.1. The Kier molecular flexibility index (Phi) is 11.4. The molecule has 1 saturated heterocycles. The van der Waals surface area contributed by atoms with E-state index in [9.17, 15) is 19.5 Å². The van der Waals surface area contributed by atoms with E-state index in [0.717, 1.165) is 25.7 Å². The predicted octanol–water partition coefficient (Wildman–Crippen LogP) is 7.65. The fourth-order valence-electron chi connectivity index (χ4n) is 8.06. The summed E-state index contributed by atoms with van der Waals surface area (Å²) in [5, 5.41) is 11.2. The molecule has 1 N–H and O–H groups in total. The van der Waals surface area contributed by atoms with Crippen molar-refractivity contribution in [2.75, 3.05) is 0 Å². The molecule has 5 aliphatic rings. The van der Waals surface area contributed by atoms with Crippen LogP contribution in [0.15, 0.2) is 0 Å². The van der Waals surface area contributed by atoms with Crippen molar-refractivity contribution in [3.8, 4) is 0 Å². The summed E-state index contributed by atoms with van der Waals surface area (Å²) in [4.78, 5) is 39.0. The lowest BCUT2D eigenvalue weighted by atomic mass is 9.44. The molecule has 0 amide bonds. The topological polar surface area (TPSA) is 99.1 Å². The Bertz CT molecular complexity index is 919. The maximum absolute atomic E-state index is 13.8. The first-order valence-corrected chi connectivity index (χ1v) is 13.7. The number of ether oxygens (including phenoxy) is 3. The zero-order valence-electron chi connectivity index (χ0n) is 23.5. The van der Waals surface area contributed by atoms with Gasteiger partial charge in [0.2, 0.25) is 6.10 Å². The molecule has 236 valence electrons. The van der Waals surface area contributed by atoms with Gasteiger partial charge in [0.15, 0.2) is 0 Å². The van der Waals surface area contributed by atoms with Crippen LogP contribution in [0.2, 0.25) is 0 Å². The number of carbonyl (C=O) groups excluding carboxylic acids is 3. The standard InChI is InChI=1S/C29H46O7.4CH4/c1-9-27(8,16-24(2,3)22(31)34-20-15-25(4,5)35-21(20)30)23(32)36-26(6,7)28-11-18-10-19(12-28)14-29(33,13-18)17-28;;;;/h18-20,33H,9-17H2,1-8H3;4*1H4. The lowest BCUT2D eigenvalue weighted by Gasteiger charge is -2.64. The van der Waals surface area contributed by atoms with Gasteiger partial charge in [-0.25, -0.2) is 4.79 Å². The summed E-state index contributed by atoms with van der Waals surface area (Å²) in [6.45, 7) is 14.9. The van der Waals surface area contributed by atoms with E-state index in [0.29, 0.717) is 31.1 Å². The molecule has 4 saturated carbocycles. The van der Waals surface area contributed by atoms with Gasteiger partial charge in [-0.05, 0) is 112 Å². The zero-order valence-corrected chi connectivity index (χ0v) is 23.5. The van der Waals surface area contributed by atoms with Gasteiger partial charge in [0, 0.05) is 11.8 Å². The fourth-order valence-corrected chi connectivity index (χ4v) is 8.06. The average molecular weight is 571 g/mol. The summed E-state index contributed by atoms with van der Waals surface area (Å²) in [6.07, 6.45) is 5.68. The molecule has 1 aliphatic heterocycles. The largest absolute Gasteiger partial charge is 0.459 e. The van der Waals surface area contributed by atoms with Crippen LogP contribution >= 0.6 is 0 Å². The first-order valence-electron chi connectivity index (χ1n) is 13.7. The molecule has 7 nitrogen and oxygen atoms in total. The summed E-state index contributed by atoms with van der Waals surface area (Å²) in [7, 11) is 0. The van der Waals surface area contributed by atoms with Crippen molar-refractivity contribution in [3.05, 3.63) is 0 Å². The summed E-state index contributed by atoms with van der Waals surface area (Å²) in [6, 6.07) is 0. The van der Waals surface area contributed by atoms with Crippen LogP contribution < -0.4 is 0 Å². The molecular weight excluding hydrogens is 508 g/mol. The zero-order chi connectivity index (χ0) is 26.9. The number of cyclic esters (lactones) is 1. The Morgan fingerprint density at radius 1 is 0.925 bits per heavy atom. The van der Waals surface area contributed by atoms with Gasteiger partial charge in [-0.1, -0.05) is 36.6 Å². The molecule has 0 aromatic heterocycles. The Balaban J connectivity index is 0.00000380. The van der Waals surface area contributed by atoms with E-state index in [1.54, 1.807) is 27.7 Å². The van der Waals surface area contributed by atoms with E-state index in [1.165, 1.54) is 6.42 Å². The van der Waals surface area contributed by atoms with Gasteiger partial charge in [-0.2, -0.15) is 0 Å². The summed E-state index contributed by atoms with van der Waals surface area (Å²) in [5.41, 5.74) is -4.16. The van der Waals surface area contributed by atoms with Crippen molar-refractivity contribution in [2.24, 2.45) is 28.1 Å². The monoisotopic (exact) mass is 570 g/mol. The Labute approximate surface area is 245 Å². The number of hydrogen-bond acceptors (Lipinski definition) is 7. The van der Waals surface area contributed by atoms with E-state index >= 15 is 0 Å². The minimum Gasteiger partial charge on any atom is -0.459 e. The van der Waals surface area contributed by atoms with Gasteiger partial charge in [0.1, 0.15) is 11.2 Å². The third-order valence-corrected chi connectivity index (χ3v) is 9.88. The first kappa shape index (κ1) is 38.4. The van der Waals surface area contributed by atoms with Gasteiger partial charge in [0.05, 0.1) is 16.4 Å². The molecule has 40 heavy (non-hydrogen) atoms. The second kappa shape index (κ2) is 11.9. The van der Waals surface area contributed by atoms with E-state index in [-0.39, 0.29) is 47.5 Å². The number of aliphatic hydroxyl groups is 1. The molecule has 0 spiro atoms. The summed E-state index contributed by atoms with van der Waals surface area (Å²) in [5.74, 6) is -0.376. The summed E-state index contributed by atoms with van der Waals surface area (Å²) < 4.78 is 17.2. The van der Waals surface area contributed by atoms with Crippen LogP contribution in [-0.2, 0) is 28.6 Å². The third-order valence-electron chi connectivity index (χ3n) is 9.88. The minimum absolute atomic E-state index is 0. The van der Waals surface area contributed by atoms with E-state index in [1.807, 2.05) is 27.7 Å². The van der Waals surface area contributed by atoms with Gasteiger partial charge in [-0.3, -0.25) is 9.59 Å². The van der Waals surface area contributed by atoms with E-state index in [2.05, 4.69) is 0 Å². The third kappa shape index (κ3) is 6.87. The van der Waals surface area contributed by atoms with E-state index in [4.69, 9.17) is 14.2 Å². The molecule has 0 radical (unpaired) electrons. The molecule has 4 atom stereocenters. The van der Waals surface area contributed by atoms with Crippen molar-refractivity contribution in [2.45, 2.75) is 166 Å². The molecule has 7 heteroatoms. The second-order valence-corrected chi connectivity index (χ2v) is 14.6. The Morgan fingerprint density at radius 3 is 1.88 bits per heavy atom. The lowest BCUT2D eigenvalue weighted by molar-refractivity contribution is -0.237. The molecule has 1 heterocycles. The first-order chi connectivity index (χ1) is 16.3. The highest BCUT2D eigenvalue weighted by Crippen LogP contribution is 2.65. The fraction of sp³-hybridized carbons (Fsp3) is 0.909. The highest BCUT2D eigenvalue weighted by Gasteiger charge is 2.63. The predicted molar refractivity (Wildman–Crippen MR) is 161 cm³/mol. The van der Waals surface area contributed by atoms with E-state index < -0.39 is 45.7 Å². The minimum atomic E-state index is -1.00. The SMILES string of the molecule is C.C.C.C.CCC(C)(CC(C)(C)C(=O)OC1CC(C)(C)OC1=O)C(=O)OC(C)(C)C12CC3CC(CC(O)(C3)C1)C2. The van der Waals surface area contributed by atoms with Gasteiger partial charge in [0.25, 0.3) is 0 Å². The van der Waals surface area contributed by atoms with Crippen LogP contribution in [0, 0.1) is 28.1 Å². The number of rotatable bonds is 8. The number of esters is 3. The highest BCUT2D eigenvalue weighted by atomic mass is 16.6. The van der Waals surface area contributed by atoms with Gasteiger partial charge < -0.3 is 19.3 Å². The summed E-state index contributed by atoms with van der Waals surface area (Å²) >= 11 is 0. The van der Waals surface area contributed by atoms with Crippen LogP contribution in [0.4, 0.5) is 0 Å². The van der Waals surface area contributed by atoms with Crippen LogP contribution in [0.25, 0.3) is 0 Å². The molecular formula is C33H62O7. The van der Waals surface area contributed by atoms with Crippen LogP contribution in [0.5, 0.6) is 0 Å². The smallest absolute Gasteiger partial charge is 0.348 e. The second-order valence-electron chi connectivity index (χ2n) is 14.6. The molecule has 5 rings (SSSR count). The number of carbonyl (C=O) groups is 3. The molecule has 4 aliphatic carbocycles. The maximum atomic E-state index is 13.8. The molecule has 4 unspecified atom stereocenters. The van der Waals surface area contributed by atoms with Crippen molar-refractivity contribution in [1.82, 2.24) is 0 Å². The Hall–Kier alpha value is -1.63. The Morgan fingerprint density at radius 2 is 1.45 bits per heavy atom. The van der Waals surface area contributed by atoms with Crippen molar-refractivity contribution in [1.29, 1.82) is 0 Å². The molecule has 4 bridgehead atoms. The highest BCUT2D eigenvalue weighted by molar-refractivity contribution is 5.84. The van der Waals surface area contributed by atoms with Crippen LogP contribution in [0.1, 0.15) is 143 Å².